The molecule has 0 unspecified atom stereocenters. The number of nitrogens with two attached hydrogens (primary N) is 1. The molecule has 8 heteroatoms. The fraction of sp³-hybridized carbons (Fsp3) is 0.467. The molecule has 0 fully saturated rings. The van der Waals surface area contributed by atoms with Crippen LogP contribution in [0.4, 0.5) is 13.2 Å². The number of carbonyl (C=O) groups excluding carboxylic acids is 1. The molecule has 0 amide bonds. The van der Waals surface area contributed by atoms with Crippen molar-refractivity contribution in [2.45, 2.75) is 44.5 Å². The molecule has 23 heavy (non-hydrogen) atoms. The van der Waals surface area contributed by atoms with Crippen LogP contribution in [0.5, 0.6) is 0 Å². The molecule has 1 rings (SSSR count). The van der Waals surface area contributed by atoms with Gasteiger partial charge in [-0.25, -0.2) is 9.59 Å². The Kier molecular flexibility index (Phi) is 5.10. The number of benzene rings is 1. The van der Waals surface area contributed by atoms with E-state index in [1.807, 2.05) is 0 Å². The zero-order valence-electron chi connectivity index (χ0n) is 12.9. The molecule has 0 saturated heterocycles. The number of esters is 1. The molecular weight excluding hydrogens is 315 g/mol. The smallest absolute Gasteiger partial charge is 0.416 e. The highest BCUT2D eigenvalue weighted by atomic mass is 19.4. The Labute approximate surface area is 131 Å². The second kappa shape index (κ2) is 6.19. The van der Waals surface area contributed by atoms with Crippen LogP contribution in [0.3, 0.4) is 0 Å². The van der Waals surface area contributed by atoms with E-state index >= 15 is 0 Å². The molecule has 128 valence electrons. The lowest BCUT2D eigenvalue weighted by molar-refractivity contribution is -0.169. The number of halogens is 3. The number of alkyl halides is 3. The monoisotopic (exact) mass is 333 g/mol. The van der Waals surface area contributed by atoms with Gasteiger partial charge in [-0.1, -0.05) is 12.1 Å². The molecule has 0 aliphatic heterocycles. The Morgan fingerprint density at radius 1 is 1.13 bits per heavy atom. The Bertz CT molecular complexity index is 590. The first-order valence-corrected chi connectivity index (χ1v) is 6.67. The molecule has 0 spiro atoms. The van der Waals surface area contributed by atoms with Gasteiger partial charge < -0.3 is 15.6 Å². The molecule has 5 nitrogen and oxygen atoms in total. The lowest BCUT2D eigenvalue weighted by Crippen LogP contribution is -2.58. The highest BCUT2D eigenvalue weighted by molar-refractivity contribution is 6.04. The predicted octanol–water partition coefficient (Wildman–Crippen LogP) is 2.37. The summed E-state index contributed by atoms with van der Waals surface area (Å²) in [6.45, 7) is 4.64. The standard InChI is InChI=1S/C15H18F3NO4/c1-13(2,3)23-12(22)14(19,11(20)21)8-9-4-6-10(7-5-9)15(16,17)18/h4-7H,8,19H2,1-3H3,(H,20,21)/t14-/m0/s1. The first-order chi connectivity index (χ1) is 10.3. The van der Waals surface area contributed by atoms with Crippen molar-refractivity contribution < 1.29 is 32.6 Å². The number of aliphatic carboxylic acids is 1. The average molecular weight is 333 g/mol. The molecule has 0 radical (unpaired) electrons. The normalized spacial score (nSPS) is 14.9. The van der Waals surface area contributed by atoms with E-state index in [0.717, 1.165) is 24.3 Å². The Hall–Kier alpha value is -2.09. The Balaban J connectivity index is 3.04. The molecule has 0 bridgehead atoms. The summed E-state index contributed by atoms with van der Waals surface area (Å²) in [6.07, 6.45) is -4.99. The zero-order chi connectivity index (χ0) is 18.1. The molecule has 0 aliphatic carbocycles. The van der Waals surface area contributed by atoms with E-state index in [9.17, 15) is 27.9 Å². The number of carboxylic acids is 1. The van der Waals surface area contributed by atoms with Gasteiger partial charge in [0.1, 0.15) is 5.60 Å². The van der Waals surface area contributed by atoms with Crippen molar-refractivity contribution in [3.8, 4) is 0 Å². The molecule has 0 aliphatic rings. The lowest BCUT2D eigenvalue weighted by atomic mass is 9.91. The first-order valence-electron chi connectivity index (χ1n) is 6.67. The fourth-order valence-corrected chi connectivity index (χ4v) is 1.74. The van der Waals surface area contributed by atoms with E-state index in [0.29, 0.717) is 0 Å². The maximum absolute atomic E-state index is 12.5. The van der Waals surface area contributed by atoms with Crippen LogP contribution in [0.25, 0.3) is 0 Å². The number of carbonyl (C=O) groups is 2. The minimum Gasteiger partial charge on any atom is -0.479 e. The van der Waals surface area contributed by atoms with Gasteiger partial charge in [-0.05, 0) is 38.5 Å². The van der Waals surface area contributed by atoms with Crippen molar-refractivity contribution in [3.05, 3.63) is 35.4 Å². The summed E-state index contributed by atoms with van der Waals surface area (Å²) in [5, 5.41) is 9.24. The molecule has 1 aromatic carbocycles. The third-order valence-corrected chi connectivity index (χ3v) is 2.91. The highest BCUT2D eigenvalue weighted by Gasteiger charge is 2.45. The van der Waals surface area contributed by atoms with Crippen LogP contribution in [-0.2, 0) is 26.9 Å². The predicted molar refractivity (Wildman–Crippen MR) is 75.5 cm³/mol. The number of ether oxygens (including phenoxy) is 1. The van der Waals surface area contributed by atoms with Crippen molar-refractivity contribution in [2.24, 2.45) is 5.73 Å². The summed E-state index contributed by atoms with van der Waals surface area (Å²) >= 11 is 0. The van der Waals surface area contributed by atoms with Gasteiger partial charge in [0.25, 0.3) is 0 Å². The van der Waals surface area contributed by atoms with E-state index in [1.54, 1.807) is 20.8 Å². The summed E-state index contributed by atoms with van der Waals surface area (Å²) < 4.78 is 42.5. The lowest BCUT2D eigenvalue weighted by Gasteiger charge is -2.28. The van der Waals surface area contributed by atoms with Gasteiger partial charge in [0.2, 0.25) is 5.54 Å². The Morgan fingerprint density at radius 3 is 1.96 bits per heavy atom. The fourth-order valence-electron chi connectivity index (χ4n) is 1.74. The van der Waals surface area contributed by atoms with Crippen LogP contribution < -0.4 is 5.73 Å². The van der Waals surface area contributed by atoms with Gasteiger partial charge in [-0.2, -0.15) is 13.2 Å². The van der Waals surface area contributed by atoms with Crippen molar-refractivity contribution in [1.82, 2.24) is 0 Å². The molecule has 1 aromatic rings. The molecule has 0 heterocycles. The number of rotatable bonds is 4. The van der Waals surface area contributed by atoms with E-state index in [4.69, 9.17) is 10.5 Å². The third-order valence-electron chi connectivity index (χ3n) is 2.91. The van der Waals surface area contributed by atoms with E-state index < -0.39 is 41.2 Å². The van der Waals surface area contributed by atoms with Crippen molar-refractivity contribution in [1.29, 1.82) is 0 Å². The van der Waals surface area contributed by atoms with Gasteiger partial charge in [0, 0.05) is 6.42 Å². The van der Waals surface area contributed by atoms with Crippen LogP contribution in [-0.4, -0.2) is 28.2 Å². The quantitative estimate of drug-likeness (QED) is 0.652. The SMILES string of the molecule is CC(C)(C)OC(=O)[C@](N)(Cc1ccc(C(F)(F)F)cc1)C(=O)O. The number of hydrogen-bond donors (Lipinski definition) is 2. The van der Waals surface area contributed by atoms with Gasteiger partial charge in [-0.3, -0.25) is 0 Å². The van der Waals surface area contributed by atoms with E-state index in [1.165, 1.54) is 0 Å². The number of carboxylic acid groups (broad SMARTS) is 1. The molecule has 0 saturated carbocycles. The van der Waals surface area contributed by atoms with Crippen LogP contribution in [0.1, 0.15) is 31.9 Å². The van der Waals surface area contributed by atoms with Gasteiger partial charge in [0.15, 0.2) is 0 Å². The van der Waals surface area contributed by atoms with Gasteiger partial charge >= 0.3 is 18.1 Å². The number of hydrogen-bond acceptors (Lipinski definition) is 4. The van der Waals surface area contributed by atoms with Crippen molar-refractivity contribution in [2.75, 3.05) is 0 Å². The van der Waals surface area contributed by atoms with Crippen LogP contribution >= 0.6 is 0 Å². The minimum atomic E-state index is -4.50. The molecule has 1 atom stereocenters. The largest absolute Gasteiger partial charge is 0.479 e. The summed E-state index contributed by atoms with van der Waals surface area (Å²) in [7, 11) is 0. The Morgan fingerprint density at radius 2 is 1.61 bits per heavy atom. The zero-order valence-corrected chi connectivity index (χ0v) is 12.9. The van der Waals surface area contributed by atoms with Crippen molar-refractivity contribution in [3.63, 3.8) is 0 Å². The van der Waals surface area contributed by atoms with Gasteiger partial charge in [-0.15, -0.1) is 0 Å². The minimum absolute atomic E-state index is 0.175. The summed E-state index contributed by atoms with van der Waals surface area (Å²) in [5.74, 6) is -2.77. The van der Waals surface area contributed by atoms with Crippen LogP contribution in [0.15, 0.2) is 24.3 Å². The van der Waals surface area contributed by atoms with Crippen LogP contribution in [0.2, 0.25) is 0 Å². The molecular formula is C15H18F3NO4. The summed E-state index contributed by atoms with van der Waals surface area (Å²) in [5.41, 5.74) is 1.62. The first kappa shape index (κ1) is 19.0. The highest BCUT2D eigenvalue weighted by Crippen LogP contribution is 2.29. The summed E-state index contributed by atoms with van der Waals surface area (Å²) in [4.78, 5) is 23.4. The van der Waals surface area contributed by atoms with Gasteiger partial charge in [0.05, 0.1) is 5.56 Å². The molecule has 3 N–H and O–H groups in total. The van der Waals surface area contributed by atoms with E-state index in [-0.39, 0.29) is 5.56 Å². The van der Waals surface area contributed by atoms with Crippen molar-refractivity contribution >= 4 is 11.9 Å². The van der Waals surface area contributed by atoms with Crippen LogP contribution in [0, 0.1) is 0 Å². The second-order valence-electron chi connectivity index (χ2n) is 6.15. The maximum Gasteiger partial charge on any atom is 0.416 e. The third kappa shape index (κ3) is 4.95. The second-order valence-corrected chi connectivity index (χ2v) is 6.15. The molecule has 0 aromatic heterocycles. The summed E-state index contributed by atoms with van der Waals surface area (Å²) in [6, 6.07) is 3.76. The average Bonchev–Trinajstić information content (AvgIpc) is 2.35. The topological polar surface area (TPSA) is 89.6 Å². The van der Waals surface area contributed by atoms with E-state index in [2.05, 4.69) is 0 Å². The maximum atomic E-state index is 12.5.